The van der Waals surface area contributed by atoms with Gasteiger partial charge in [-0.05, 0) is 26.3 Å². The van der Waals surface area contributed by atoms with Crippen LogP contribution < -0.4 is 5.73 Å². The van der Waals surface area contributed by atoms with Crippen molar-refractivity contribution in [1.82, 2.24) is 4.90 Å². The van der Waals surface area contributed by atoms with Gasteiger partial charge in [0.15, 0.2) is 0 Å². The molecule has 3 nitrogen and oxygen atoms in total. The predicted molar refractivity (Wildman–Crippen MR) is 74.5 cm³/mol. The third-order valence-electron chi connectivity index (χ3n) is 3.34. The van der Waals surface area contributed by atoms with E-state index in [2.05, 4.69) is 49.9 Å². The zero-order chi connectivity index (χ0) is 13.2. The molecule has 3 heteroatoms. The Bertz CT molecular complexity index is 386. The Morgan fingerprint density at radius 3 is 2.61 bits per heavy atom. The van der Waals surface area contributed by atoms with Gasteiger partial charge >= 0.3 is 0 Å². The molecule has 1 heterocycles. The number of morpholine rings is 1. The number of hydrogen-bond acceptors (Lipinski definition) is 3. The quantitative estimate of drug-likeness (QED) is 0.888. The molecule has 1 saturated heterocycles. The van der Waals surface area contributed by atoms with Crippen LogP contribution in [0.15, 0.2) is 24.3 Å². The van der Waals surface area contributed by atoms with Crippen LogP contribution in [0.1, 0.15) is 25.0 Å². The molecule has 1 unspecified atom stereocenters. The summed E-state index contributed by atoms with van der Waals surface area (Å²) in [6.07, 6.45) is 0.152. The maximum absolute atomic E-state index is 5.94. The van der Waals surface area contributed by atoms with Crippen LogP contribution in [-0.4, -0.2) is 36.2 Å². The van der Waals surface area contributed by atoms with Gasteiger partial charge in [-0.3, -0.25) is 4.90 Å². The SMILES string of the molecule is Cc1ccc(CN2CC(CN)OC(C)(C)C2)cc1. The molecule has 0 saturated carbocycles. The van der Waals surface area contributed by atoms with E-state index in [1.807, 2.05) is 0 Å². The molecule has 0 aromatic heterocycles. The largest absolute Gasteiger partial charge is 0.368 e. The third-order valence-corrected chi connectivity index (χ3v) is 3.34. The van der Waals surface area contributed by atoms with E-state index >= 15 is 0 Å². The van der Waals surface area contributed by atoms with E-state index in [0.717, 1.165) is 19.6 Å². The lowest BCUT2D eigenvalue weighted by atomic mass is 10.0. The van der Waals surface area contributed by atoms with Gasteiger partial charge in [0.05, 0.1) is 11.7 Å². The topological polar surface area (TPSA) is 38.5 Å². The average Bonchev–Trinajstić information content (AvgIpc) is 2.30. The van der Waals surface area contributed by atoms with Crippen LogP contribution in [0.5, 0.6) is 0 Å². The molecule has 0 spiro atoms. The summed E-state index contributed by atoms with van der Waals surface area (Å²) in [5, 5.41) is 0. The smallest absolute Gasteiger partial charge is 0.0831 e. The Morgan fingerprint density at radius 2 is 2.00 bits per heavy atom. The zero-order valence-corrected chi connectivity index (χ0v) is 11.6. The summed E-state index contributed by atoms with van der Waals surface area (Å²) in [5.41, 5.74) is 8.31. The highest BCUT2D eigenvalue weighted by atomic mass is 16.5. The van der Waals surface area contributed by atoms with Crippen molar-refractivity contribution in [2.24, 2.45) is 5.73 Å². The summed E-state index contributed by atoms with van der Waals surface area (Å²) in [6.45, 7) is 9.84. The minimum atomic E-state index is -0.104. The highest BCUT2D eigenvalue weighted by molar-refractivity contribution is 5.21. The molecule has 1 aromatic rings. The molecule has 1 fully saturated rings. The second-order valence-corrected chi connectivity index (χ2v) is 5.89. The molecule has 18 heavy (non-hydrogen) atoms. The standard InChI is InChI=1S/C15H24N2O/c1-12-4-6-13(7-5-12)9-17-10-14(8-16)18-15(2,3)11-17/h4-7,14H,8-11,16H2,1-3H3. The van der Waals surface area contributed by atoms with Gasteiger partial charge in [0, 0.05) is 26.2 Å². The summed E-state index contributed by atoms with van der Waals surface area (Å²) in [4.78, 5) is 2.44. The average molecular weight is 248 g/mol. The molecular formula is C15H24N2O. The zero-order valence-electron chi connectivity index (χ0n) is 11.6. The van der Waals surface area contributed by atoms with Crippen molar-refractivity contribution >= 4 is 0 Å². The van der Waals surface area contributed by atoms with Crippen molar-refractivity contribution in [3.63, 3.8) is 0 Å². The van der Waals surface area contributed by atoms with Crippen LogP contribution >= 0.6 is 0 Å². The van der Waals surface area contributed by atoms with E-state index in [9.17, 15) is 0 Å². The molecule has 1 aromatic carbocycles. The molecular weight excluding hydrogens is 224 g/mol. The molecule has 1 aliphatic rings. The fraction of sp³-hybridized carbons (Fsp3) is 0.600. The van der Waals surface area contributed by atoms with Crippen molar-refractivity contribution < 1.29 is 4.74 Å². The third kappa shape index (κ3) is 3.55. The van der Waals surface area contributed by atoms with Gasteiger partial charge in [-0.1, -0.05) is 29.8 Å². The molecule has 0 bridgehead atoms. The Balaban J connectivity index is 2.02. The second kappa shape index (κ2) is 5.39. The summed E-state index contributed by atoms with van der Waals surface area (Å²) >= 11 is 0. The fourth-order valence-electron chi connectivity index (χ4n) is 2.61. The molecule has 0 amide bonds. The molecule has 0 aliphatic carbocycles. The first-order chi connectivity index (χ1) is 8.48. The van der Waals surface area contributed by atoms with Gasteiger partial charge in [-0.15, -0.1) is 0 Å². The van der Waals surface area contributed by atoms with E-state index in [4.69, 9.17) is 10.5 Å². The Hall–Kier alpha value is -0.900. The lowest BCUT2D eigenvalue weighted by Gasteiger charge is -2.42. The highest BCUT2D eigenvalue weighted by Gasteiger charge is 2.32. The van der Waals surface area contributed by atoms with E-state index in [0.29, 0.717) is 6.54 Å². The molecule has 2 N–H and O–H groups in total. The van der Waals surface area contributed by atoms with Crippen LogP contribution in [0, 0.1) is 6.92 Å². The maximum Gasteiger partial charge on any atom is 0.0831 e. The minimum absolute atomic E-state index is 0.104. The number of hydrogen-bond donors (Lipinski definition) is 1. The van der Waals surface area contributed by atoms with Gasteiger partial charge in [-0.25, -0.2) is 0 Å². The lowest BCUT2D eigenvalue weighted by molar-refractivity contribution is -0.133. The summed E-state index contributed by atoms with van der Waals surface area (Å²) in [5.74, 6) is 0. The fourth-order valence-corrected chi connectivity index (χ4v) is 2.61. The minimum Gasteiger partial charge on any atom is -0.368 e. The second-order valence-electron chi connectivity index (χ2n) is 5.89. The van der Waals surface area contributed by atoms with E-state index in [-0.39, 0.29) is 11.7 Å². The Kier molecular flexibility index (Phi) is 4.05. The number of nitrogens with zero attached hydrogens (tertiary/aromatic N) is 1. The number of aryl methyl sites for hydroxylation is 1. The van der Waals surface area contributed by atoms with Crippen molar-refractivity contribution in [2.75, 3.05) is 19.6 Å². The van der Waals surface area contributed by atoms with Gasteiger partial charge in [0.2, 0.25) is 0 Å². The van der Waals surface area contributed by atoms with Crippen molar-refractivity contribution in [1.29, 1.82) is 0 Å². The van der Waals surface area contributed by atoms with Gasteiger partial charge in [-0.2, -0.15) is 0 Å². The van der Waals surface area contributed by atoms with Crippen molar-refractivity contribution in [2.45, 2.75) is 39.0 Å². The Morgan fingerprint density at radius 1 is 1.33 bits per heavy atom. The molecule has 100 valence electrons. The maximum atomic E-state index is 5.94. The number of nitrogens with two attached hydrogens (primary N) is 1. The monoisotopic (exact) mass is 248 g/mol. The van der Waals surface area contributed by atoms with Gasteiger partial charge in [0.25, 0.3) is 0 Å². The van der Waals surface area contributed by atoms with E-state index < -0.39 is 0 Å². The normalized spacial score (nSPS) is 24.1. The van der Waals surface area contributed by atoms with E-state index in [1.165, 1.54) is 11.1 Å². The summed E-state index contributed by atoms with van der Waals surface area (Å²) in [7, 11) is 0. The first-order valence-electron chi connectivity index (χ1n) is 6.64. The van der Waals surface area contributed by atoms with Crippen molar-refractivity contribution in [3.8, 4) is 0 Å². The van der Waals surface area contributed by atoms with Crippen molar-refractivity contribution in [3.05, 3.63) is 35.4 Å². The number of benzene rings is 1. The molecule has 1 aliphatic heterocycles. The number of rotatable bonds is 3. The van der Waals surface area contributed by atoms with Crippen LogP contribution in [0.2, 0.25) is 0 Å². The summed E-state index contributed by atoms with van der Waals surface area (Å²) < 4.78 is 5.94. The first-order valence-corrected chi connectivity index (χ1v) is 6.64. The lowest BCUT2D eigenvalue weighted by Crippen LogP contribution is -2.54. The molecule has 2 rings (SSSR count). The van der Waals surface area contributed by atoms with Crippen LogP contribution in [0.4, 0.5) is 0 Å². The first kappa shape index (κ1) is 13.5. The summed E-state index contributed by atoms with van der Waals surface area (Å²) in [6, 6.07) is 8.74. The highest BCUT2D eigenvalue weighted by Crippen LogP contribution is 2.22. The van der Waals surface area contributed by atoms with Gasteiger partial charge in [0.1, 0.15) is 0 Å². The van der Waals surface area contributed by atoms with Crippen LogP contribution in [0.25, 0.3) is 0 Å². The van der Waals surface area contributed by atoms with Crippen LogP contribution in [0.3, 0.4) is 0 Å². The van der Waals surface area contributed by atoms with E-state index in [1.54, 1.807) is 0 Å². The molecule has 1 atom stereocenters. The number of ether oxygens (including phenoxy) is 1. The Labute approximate surface area is 110 Å². The molecule has 0 radical (unpaired) electrons. The predicted octanol–water partition coefficient (Wildman–Crippen LogP) is 1.93. The van der Waals surface area contributed by atoms with Crippen LogP contribution in [-0.2, 0) is 11.3 Å². The van der Waals surface area contributed by atoms with Gasteiger partial charge < -0.3 is 10.5 Å².